The molecule has 2 heterocycles. The number of hydrogen-bond acceptors (Lipinski definition) is 7. The molecule has 2 rings (SSSR count). The number of esters is 1. The molecular formula is C29H45NO6. The number of aliphatic hydroxyl groups excluding tert-OH is 2. The first kappa shape index (κ1) is 30.0. The summed E-state index contributed by atoms with van der Waals surface area (Å²) in [6, 6.07) is 0. The van der Waals surface area contributed by atoms with Gasteiger partial charge in [0.05, 0.1) is 24.0 Å². The van der Waals surface area contributed by atoms with Gasteiger partial charge in [-0.15, -0.1) is 0 Å². The van der Waals surface area contributed by atoms with Crippen LogP contribution in [-0.2, 0) is 14.3 Å². The molecule has 0 aliphatic carbocycles. The van der Waals surface area contributed by atoms with Crippen molar-refractivity contribution in [1.29, 1.82) is 0 Å². The fourth-order valence-corrected chi connectivity index (χ4v) is 4.62. The first-order valence-electron chi connectivity index (χ1n) is 12.9. The SMILES string of the molecule is C/C(=C\c1coc(C)n1)[C@@H]1CC(C)C(C)(C)C/C=C/[C@H](C)[C@H](O)[C@@H](C)C(=O)C(C)(C)[C@@H](O)CC(=O)O1. The minimum atomic E-state index is -1.25. The Morgan fingerprint density at radius 2 is 1.78 bits per heavy atom. The highest BCUT2D eigenvalue weighted by Gasteiger charge is 2.42. The summed E-state index contributed by atoms with van der Waals surface area (Å²) in [5, 5.41) is 21.7. The van der Waals surface area contributed by atoms with Gasteiger partial charge in [0.25, 0.3) is 0 Å². The maximum absolute atomic E-state index is 13.2. The van der Waals surface area contributed by atoms with E-state index in [9.17, 15) is 19.8 Å². The molecule has 1 aliphatic heterocycles. The molecule has 7 nitrogen and oxygen atoms in total. The topological polar surface area (TPSA) is 110 Å². The summed E-state index contributed by atoms with van der Waals surface area (Å²) in [5.41, 5.74) is 0.132. The number of allylic oxidation sites excluding steroid dienone is 1. The molecule has 1 unspecified atom stereocenters. The maximum atomic E-state index is 13.2. The molecule has 0 bridgehead atoms. The average molecular weight is 504 g/mol. The van der Waals surface area contributed by atoms with Crippen molar-refractivity contribution in [3.05, 3.63) is 35.6 Å². The molecule has 0 spiro atoms. The number of carbonyl (C=O) groups is 2. The van der Waals surface area contributed by atoms with E-state index in [4.69, 9.17) is 9.15 Å². The summed E-state index contributed by atoms with van der Waals surface area (Å²) in [5.74, 6) is -1.06. The van der Waals surface area contributed by atoms with Crippen molar-refractivity contribution < 1.29 is 29.0 Å². The molecular weight excluding hydrogens is 458 g/mol. The zero-order chi connectivity index (χ0) is 27.4. The highest BCUT2D eigenvalue weighted by Crippen LogP contribution is 2.37. The van der Waals surface area contributed by atoms with Gasteiger partial charge in [0.1, 0.15) is 23.8 Å². The molecule has 0 saturated carbocycles. The van der Waals surface area contributed by atoms with Crippen LogP contribution in [0.2, 0.25) is 0 Å². The van der Waals surface area contributed by atoms with E-state index in [1.165, 1.54) is 0 Å². The monoisotopic (exact) mass is 503 g/mol. The summed E-state index contributed by atoms with van der Waals surface area (Å²) < 4.78 is 11.2. The number of hydrogen-bond donors (Lipinski definition) is 2. The number of oxazole rings is 1. The maximum Gasteiger partial charge on any atom is 0.309 e. The van der Waals surface area contributed by atoms with Crippen molar-refractivity contribution in [3.63, 3.8) is 0 Å². The highest BCUT2D eigenvalue weighted by molar-refractivity contribution is 5.88. The standard InChI is InChI=1S/C29H45NO6/c1-17-11-10-12-28(6,7)19(3)14-23(18(2)13-22-16-35-21(5)30-22)36-25(32)15-24(31)29(8,9)27(34)20(4)26(17)33/h10-11,13,16-17,19-20,23-24,26,31,33H,12,14-15H2,1-9H3/b11-10+,18-13+/t17-,19?,20+,23-,24-,26-/m0/s1. The van der Waals surface area contributed by atoms with Crippen LogP contribution in [0.5, 0.6) is 0 Å². The van der Waals surface area contributed by atoms with Crippen LogP contribution in [0.15, 0.2) is 28.4 Å². The van der Waals surface area contributed by atoms with Gasteiger partial charge in [-0.05, 0) is 42.7 Å². The molecule has 2 N–H and O–H groups in total. The Morgan fingerprint density at radius 1 is 1.14 bits per heavy atom. The lowest BCUT2D eigenvalue weighted by molar-refractivity contribution is -0.155. The lowest BCUT2D eigenvalue weighted by Crippen LogP contribution is -2.45. The van der Waals surface area contributed by atoms with Gasteiger partial charge in [-0.3, -0.25) is 9.59 Å². The molecule has 7 heteroatoms. The van der Waals surface area contributed by atoms with Crippen molar-refractivity contribution >= 4 is 17.8 Å². The van der Waals surface area contributed by atoms with Crippen LogP contribution in [-0.4, -0.2) is 45.3 Å². The van der Waals surface area contributed by atoms with Crippen LogP contribution >= 0.6 is 0 Å². The van der Waals surface area contributed by atoms with Crippen molar-refractivity contribution in [3.8, 4) is 0 Å². The van der Waals surface area contributed by atoms with E-state index in [2.05, 4.69) is 31.8 Å². The Labute approximate surface area is 216 Å². The van der Waals surface area contributed by atoms with Crippen molar-refractivity contribution in [1.82, 2.24) is 4.98 Å². The van der Waals surface area contributed by atoms with Crippen molar-refractivity contribution in [2.45, 2.75) is 99.9 Å². The summed E-state index contributed by atoms with van der Waals surface area (Å²) >= 11 is 0. The smallest absolute Gasteiger partial charge is 0.309 e. The number of ketones is 1. The van der Waals surface area contributed by atoms with Crippen LogP contribution < -0.4 is 0 Å². The molecule has 0 aromatic carbocycles. The quantitative estimate of drug-likeness (QED) is 0.417. The first-order chi connectivity index (χ1) is 16.6. The molecule has 36 heavy (non-hydrogen) atoms. The Hall–Kier alpha value is -2.25. The Morgan fingerprint density at radius 3 is 2.36 bits per heavy atom. The minimum Gasteiger partial charge on any atom is -0.458 e. The molecule has 0 saturated heterocycles. The summed E-state index contributed by atoms with van der Waals surface area (Å²) in [6.07, 6.45) is 5.81. The number of cyclic esters (lactones) is 1. The highest BCUT2D eigenvalue weighted by atomic mass is 16.5. The average Bonchev–Trinajstić information content (AvgIpc) is 3.20. The molecule has 1 aromatic rings. The lowest BCUT2D eigenvalue weighted by atomic mass is 9.72. The fraction of sp³-hybridized carbons (Fsp3) is 0.690. The van der Waals surface area contributed by atoms with Gasteiger partial charge in [-0.1, -0.05) is 60.6 Å². The van der Waals surface area contributed by atoms with Crippen LogP contribution in [0, 0.1) is 35.5 Å². The van der Waals surface area contributed by atoms with E-state index in [1.807, 2.05) is 26.0 Å². The van der Waals surface area contributed by atoms with E-state index in [-0.39, 0.29) is 29.5 Å². The molecule has 0 amide bonds. The van der Waals surface area contributed by atoms with Gasteiger partial charge < -0.3 is 19.4 Å². The largest absolute Gasteiger partial charge is 0.458 e. The van der Waals surface area contributed by atoms with Crippen LogP contribution in [0.1, 0.15) is 86.2 Å². The minimum absolute atomic E-state index is 0.114. The lowest BCUT2D eigenvalue weighted by Gasteiger charge is -2.36. The van der Waals surface area contributed by atoms with Gasteiger partial charge >= 0.3 is 5.97 Å². The van der Waals surface area contributed by atoms with Crippen LogP contribution in [0.4, 0.5) is 0 Å². The second-order valence-corrected chi connectivity index (χ2v) is 11.9. The third-order valence-electron chi connectivity index (χ3n) is 8.07. The third kappa shape index (κ3) is 7.39. The van der Waals surface area contributed by atoms with Gasteiger partial charge in [-0.2, -0.15) is 0 Å². The number of aromatic nitrogens is 1. The number of carbonyl (C=O) groups excluding carboxylic acids is 2. The molecule has 0 radical (unpaired) electrons. The summed E-state index contributed by atoms with van der Waals surface area (Å²) in [7, 11) is 0. The zero-order valence-electron chi connectivity index (χ0n) is 23.4. The third-order valence-corrected chi connectivity index (χ3v) is 8.07. The van der Waals surface area contributed by atoms with E-state index in [0.717, 1.165) is 12.0 Å². The van der Waals surface area contributed by atoms with Gasteiger partial charge in [-0.25, -0.2) is 4.98 Å². The molecule has 0 fully saturated rings. The number of nitrogens with zero attached hydrogens (tertiary/aromatic N) is 1. The second-order valence-electron chi connectivity index (χ2n) is 11.9. The Kier molecular flexibility index (Phi) is 9.88. The number of aryl methyl sites for hydroxylation is 1. The van der Waals surface area contributed by atoms with E-state index < -0.39 is 35.6 Å². The van der Waals surface area contributed by atoms with Crippen molar-refractivity contribution in [2.75, 3.05) is 0 Å². The normalized spacial score (nSPS) is 33.7. The first-order valence-corrected chi connectivity index (χ1v) is 12.9. The van der Waals surface area contributed by atoms with E-state index >= 15 is 0 Å². The van der Waals surface area contributed by atoms with Gasteiger partial charge in [0, 0.05) is 18.8 Å². The molecule has 1 aromatic heterocycles. The molecule has 1 aliphatic rings. The predicted octanol–water partition coefficient (Wildman–Crippen LogP) is 5.29. The number of aliphatic hydroxyl groups is 2. The van der Waals surface area contributed by atoms with Gasteiger partial charge in [0.2, 0.25) is 0 Å². The summed E-state index contributed by atoms with van der Waals surface area (Å²) in [4.78, 5) is 30.6. The molecule has 6 atom stereocenters. The second kappa shape index (κ2) is 11.9. The predicted molar refractivity (Wildman–Crippen MR) is 140 cm³/mol. The molecule has 202 valence electrons. The van der Waals surface area contributed by atoms with E-state index in [1.54, 1.807) is 34.0 Å². The van der Waals surface area contributed by atoms with Crippen LogP contribution in [0.3, 0.4) is 0 Å². The summed E-state index contributed by atoms with van der Waals surface area (Å²) in [6.45, 7) is 16.9. The fourth-order valence-electron chi connectivity index (χ4n) is 4.62. The zero-order valence-corrected chi connectivity index (χ0v) is 23.4. The Bertz CT molecular complexity index is 972. The van der Waals surface area contributed by atoms with Gasteiger partial charge in [0.15, 0.2) is 5.89 Å². The number of ether oxygens (including phenoxy) is 1. The van der Waals surface area contributed by atoms with E-state index in [0.29, 0.717) is 18.0 Å². The van der Waals surface area contributed by atoms with Crippen LogP contribution in [0.25, 0.3) is 6.08 Å². The van der Waals surface area contributed by atoms with Crippen molar-refractivity contribution in [2.24, 2.45) is 28.6 Å². The number of rotatable bonds is 2. The Balaban J connectivity index is 2.44. The number of Topliss-reactive ketones (excluding diaryl/α,β-unsaturated/α-hetero) is 1.